The fourth-order valence-corrected chi connectivity index (χ4v) is 6.49. The molecule has 0 spiro atoms. The summed E-state index contributed by atoms with van der Waals surface area (Å²) in [6, 6.07) is 54.7. The molecule has 0 atom stereocenters. The minimum atomic E-state index is 0.584. The molecule has 0 saturated carbocycles. The van der Waals surface area contributed by atoms with Crippen LogP contribution in [-0.2, 0) is 0 Å². The molecular formula is C45H27N3O3. The van der Waals surface area contributed by atoms with Gasteiger partial charge in [0.05, 0.1) is 11.4 Å². The van der Waals surface area contributed by atoms with Crippen molar-refractivity contribution in [2.24, 2.45) is 0 Å². The quantitative estimate of drug-likeness (QED) is 0.177. The largest absolute Gasteiger partial charge is 0.456 e. The topological polar surface area (TPSA) is 78.1 Å². The summed E-state index contributed by atoms with van der Waals surface area (Å²) in [5.41, 5.74) is 10.7. The number of oxazole rings is 1. The van der Waals surface area contributed by atoms with Gasteiger partial charge in [-0.25, -0.2) is 15.0 Å². The van der Waals surface area contributed by atoms with Gasteiger partial charge in [0, 0.05) is 44.2 Å². The normalized spacial score (nSPS) is 11.5. The predicted molar refractivity (Wildman–Crippen MR) is 202 cm³/mol. The van der Waals surface area contributed by atoms with E-state index in [0.29, 0.717) is 11.7 Å². The average Bonchev–Trinajstić information content (AvgIpc) is 3.95. The lowest BCUT2D eigenvalue weighted by Crippen LogP contribution is -1.96. The number of furan rings is 2. The average molecular weight is 658 g/mol. The van der Waals surface area contributed by atoms with Crippen molar-refractivity contribution < 1.29 is 13.3 Å². The van der Waals surface area contributed by atoms with E-state index in [-0.39, 0.29) is 0 Å². The zero-order valence-corrected chi connectivity index (χ0v) is 27.2. The molecule has 240 valence electrons. The molecule has 0 N–H and O–H groups in total. The predicted octanol–water partition coefficient (Wildman–Crippen LogP) is 12.1. The highest BCUT2D eigenvalue weighted by Gasteiger charge is 2.15. The Morgan fingerprint density at radius 1 is 0.333 bits per heavy atom. The third-order valence-corrected chi connectivity index (χ3v) is 9.19. The number of fused-ring (bicyclic) bond motifs is 3. The van der Waals surface area contributed by atoms with Crippen LogP contribution in [0.25, 0.3) is 101 Å². The molecule has 0 unspecified atom stereocenters. The van der Waals surface area contributed by atoms with E-state index in [1.165, 1.54) is 0 Å². The van der Waals surface area contributed by atoms with Gasteiger partial charge in [-0.1, -0.05) is 109 Å². The van der Waals surface area contributed by atoms with Gasteiger partial charge in [0.2, 0.25) is 5.89 Å². The Labute approximate surface area is 292 Å². The minimum Gasteiger partial charge on any atom is -0.456 e. The highest BCUT2D eigenvalue weighted by Crippen LogP contribution is 2.34. The second kappa shape index (κ2) is 11.8. The molecule has 51 heavy (non-hydrogen) atoms. The molecule has 0 radical (unpaired) electrons. The molecule has 0 aliphatic rings. The number of benzene rings is 6. The summed E-state index contributed by atoms with van der Waals surface area (Å²) in [6.07, 6.45) is 0. The van der Waals surface area contributed by atoms with Crippen molar-refractivity contribution in [1.29, 1.82) is 0 Å². The monoisotopic (exact) mass is 657 g/mol. The highest BCUT2D eigenvalue weighted by atomic mass is 16.3. The molecule has 0 amide bonds. The van der Waals surface area contributed by atoms with E-state index >= 15 is 0 Å². The maximum Gasteiger partial charge on any atom is 0.227 e. The van der Waals surface area contributed by atoms with Gasteiger partial charge in [-0.05, 0) is 54.6 Å². The zero-order valence-electron chi connectivity index (χ0n) is 27.2. The summed E-state index contributed by atoms with van der Waals surface area (Å²) >= 11 is 0. The molecule has 0 fully saturated rings. The van der Waals surface area contributed by atoms with Crippen LogP contribution in [0.1, 0.15) is 0 Å². The van der Waals surface area contributed by atoms with E-state index in [2.05, 4.69) is 77.8 Å². The SMILES string of the molecule is c1ccc2oc(-c3ccc(-c4cc(-c5ccc(-c6nc7ccccc7o6)cc5)nc(-c5ccc(-c6cc7ccccc7o6)cc5)n4)cc3)cc2c1. The maximum absolute atomic E-state index is 6.13. The van der Waals surface area contributed by atoms with E-state index in [1.54, 1.807) is 0 Å². The van der Waals surface area contributed by atoms with Crippen molar-refractivity contribution in [3.05, 3.63) is 164 Å². The van der Waals surface area contributed by atoms with Crippen LogP contribution in [0, 0.1) is 0 Å². The van der Waals surface area contributed by atoms with Gasteiger partial charge in [-0.3, -0.25) is 0 Å². The second-order valence-electron chi connectivity index (χ2n) is 12.5. The molecule has 0 saturated heterocycles. The van der Waals surface area contributed by atoms with Crippen molar-refractivity contribution in [1.82, 2.24) is 15.0 Å². The second-order valence-corrected chi connectivity index (χ2v) is 12.5. The van der Waals surface area contributed by atoms with Gasteiger partial charge in [0.1, 0.15) is 28.2 Å². The lowest BCUT2D eigenvalue weighted by Gasteiger charge is -2.10. The first-order valence-corrected chi connectivity index (χ1v) is 16.7. The van der Waals surface area contributed by atoms with Crippen LogP contribution in [0.5, 0.6) is 0 Å². The summed E-state index contributed by atoms with van der Waals surface area (Å²) in [7, 11) is 0. The van der Waals surface area contributed by atoms with E-state index in [9.17, 15) is 0 Å². The number of hydrogen-bond donors (Lipinski definition) is 0. The van der Waals surface area contributed by atoms with Crippen molar-refractivity contribution in [2.45, 2.75) is 0 Å². The van der Waals surface area contributed by atoms with Gasteiger partial charge in [0.15, 0.2) is 11.4 Å². The van der Waals surface area contributed by atoms with Crippen LogP contribution in [0.2, 0.25) is 0 Å². The summed E-state index contributed by atoms with van der Waals surface area (Å²) < 4.78 is 18.3. The number of hydrogen-bond acceptors (Lipinski definition) is 6. The minimum absolute atomic E-state index is 0.584. The third kappa shape index (κ3) is 5.36. The molecular weight excluding hydrogens is 631 g/mol. The number of nitrogens with zero attached hydrogens (tertiary/aromatic N) is 3. The molecule has 0 aliphatic heterocycles. The lowest BCUT2D eigenvalue weighted by atomic mass is 10.0. The molecule has 6 aromatic carbocycles. The summed E-state index contributed by atoms with van der Waals surface area (Å²) in [5, 5.41) is 2.15. The molecule has 10 aromatic rings. The van der Waals surface area contributed by atoms with Crippen LogP contribution in [-0.4, -0.2) is 15.0 Å². The fourth-order valence-electron chi connectivity index (χ4n) is 6.49. The summed E-state index contributed by atoms with van der Waals surface area (Å²) in [4.78, 5) is 14.8. The van der Waals surface area contributed by atoms with Crippen molar-refractivity contribution >= 4 is 33.0 Å². The maximum atomic E-state index is 6.13. The first kappa shape index (κ1) is 28.9. The number of aromatic nitrogens is 3. The Bertz CT molecular complexity index is 2420. The Hall–Kier alpha value is -7.05. The first-order chi connectivity index (χ1) is 25.2. The van der Waals surface area contributed by atoms with E-state index in [1.807, 2.05) is 91.0 Å². The van der Waals surface area contributed by atoms with Gasteiger partial charge < -0.3 is 13.3 Å². The Kier molecular flexibility index (Phi) is 6.70. The van der Waals surface area contributed by atoms with Crippen LogP contribution in [0.15, 0.2) is 177 Å². The highest BCUT2D eigenvalue weighted by molar-refractivity contribution is 5.85. The van der Waals surface area contributed by atoms with Crippen molar-refractivity contribution in [3.8, 4) is 68.0 Å². The van der Waals surface area contributed by atoms with Crippen molar-refractivity contribution in [3.63, 3.8) is 0 Å². The fraction of sp³-hybridized carbons (Fsp3) is 0. The molecule has 10 rings (SSSR count). The van der Waals surface area contributed by atoms with Crippen molar-refractivity contribution in [2.75, 3.05) is 0 Å². The van der Waals surface area contributed by atoms with E-state index in [4.69, 9.17) is 23.2 Å². The van der Waals surface area contributed by atoms with Crippen LogP contribution in [0.3, 0.4) is 0 Å². The van der Waals surface area contributed by atoms with Crippen LogP contribution < -0.4 is 0 Å². The van der Waals surface area contributed by atoms with Gasteiger partial charge >= 0.3 is 0 Å². The molecule has 6 heteroatoms. The molecule has 4 aromatic heterocycles. The van der Waals surface area contributed by atoms with Gasteiger partial charge in [0.25, 0.3) is 0 Å². The Balaban J connectivity index is 1.03. The Morgan fingerprint density at radius 2 is 0.784 bits per heavy atom. The van der Waals surface area contributed by atoms with Gasteiger partial charge in [-0.2, -0.15) is 0 Å². The summed E-state index contributed by atoms with van der Waals surface area (Å²) in [5.74, 6) is 2.86. The van der Waals surface area contributed by atoms with E-state index < -0.39 is 0 Å². The molecule has 4 heterocycles. The van der Waals surface area contributed by atoms with Crippen LogP contribution in [0.4, 0.5) is 0 Å². The lowest BCUT2D eigenvalue weighted by molar-refractivity contribution is 0.620. The Morgan fingerprint density at radius 3 is 1.31 bits per heavy atom. The molecule has 0 aliphatic carbocycles. The zero-order chi connectivity index (χ0) is 33.7. The standard InChI is InChI=1S/C45H27N3O3/c1-4-10-39-34(7-1)25-42(49-39)30-17-13-28(14-18-30)37-27-38(29-15-23-33(24-16-29)45-48-36-9-3-6-12-41(36)51-45)47-44(46-37)32-21-19-31(20-22-32)43-26-35-8-2-5-11-40(35)50-43/h1-27H. The molecule has 0 bridgehead atoms. The van der Waals surface area contributed by atoms with E-state index in [0.717, 1.165) is 89.3 Å². The number of para-hydroxylation sites is 4. The van der Waals surface area contributed by atoms with Crippen LogP contribution >= 0.6 is 0 Å². The number of rotatable bonds is 6. The third-order valence-electron chi connectivity index (χ3n) is 9.19. The van der Waals surface area contributed by atoms with Gasteiger partial charge in [-0.15, -0.1) is 0 Å². The smallest absolute Gasteiger partial charge is 0.227 e. The summed E-state index contributed by atoms with van der Waals surface area (Å²) in [6.45, 7) is 0. The molecule has 6 nitrogen and oxygen atoms in total. The first-order valence-electron chi connectivity index (χ1n) is 16.7.